The first-order chi connectivity index (χ1) is 5.23. The Balaban J connectivity index is 2.18. The molecular formula is C8H15N2O+. The van der Waals surface area contributed by atoms with E-state index in [2.05, 4.69) is 0 Å². The highest BCUT2D eigenvalue weighted by atomic mass is 16.2. The van der Waals surface area contributed by atoms with Gasteiger partial charge in [0.2, 0.25) is 0 Å². The van der Waals surface area contributed by atoms with Gasteiger partial charge >= 0.3 is 6.03 Å². The SMILES string of the molecule is NC(=O)[N+]12CCC(CC1)CC2. The molecular weight excluding hydrogens is 140 g/mol. The summed E-state index contributed by atoms with van der Waals surface area (Å²) in [5.41, 5.74) is 5.37. The minimum atomic E-state index is -0.108. The van der Waals surface area contributed by atoms with E-state index in [-0.39, 0.29) is 6.03 Å². The van der Waals surface area contributed by atoms with Crippen LogP contribution in [-0.2, 0) is 0 Å². The predicted octanol–water partition coefficient (Wildman–Crippen LogP) is 0.696. The lowest BCUT2D eigenvalue weighted by Gasteiger charge is -2.45. The van der Waals surface area contributed by atoms with Crippen LogP contribution in [0.15, 0.2) is 0 Å². The molecule has 0 radical (unpaired) electrons. The van der Waals surface area contributed by atoms with Crippen molar-refractivity contribution >= 4 is 6.03 Å². The van der Waals surface area contributed by atoms with E-state index in [1.165, 1.54) is 19.3 Å². The van der Waals surface area contributed by atoms with Gasteiger partial charge in [0.1, 0.15) is 0 Å². The molecule has 0 unspecified atom stereocenters. The number of hydrogen-bond donors (Lipinski definition) is 1. The number of hydrogen-bond acceptors (Lipinski definition) is 1. The zero-order chi connectivity index (χ0) is 7.90. The lowest BCUT2D eigenvalue weighted by atomic mass is 9.86. The maximum absolute atomic E-state index is 11.1. The molecule has 3 heteroatoms. The maximum atomic E-state index is 11.1. The van der Waals surface area contributed by atoms with Crippen LogP contribution in [0.2, 0.25) is 0 Å². The molecule has 0 saturated carbocycles. The number of fused-ring (bicyclic) bond motifs is 3. The highest BCUT2D eigenvalue weighted by Gasteiger charge is 2.43. The Hall–Kier alpha value is -0.570. The minimum Gasteiger partial charge on any atom is -0.319 e. The monoisotopic (exact) mass is 155 g/mol. The van der Waals surface area contributed by atoms with Crippen LogP contribution >= 0.6 is 0 Å². The fraction of sp³-hybridized carbons (Fsp3) is 0.875. The van der Waals surface area contributed by atoms with Gasteiger partial charge in [0, 0.05) is 19.3 Å². The van der Waals surface area contributed by atoms with Crippen LogP contribution in [0.3, 0.4) is 0 Å². The average Bonchev–Trinajstić information content (AvgIpc) is 2.08. The van der Waals surface area contributed by atoms with Crippen molar-refractivity contribution in [2.75, 3.05) is 19.6 Å². The van der Waals surface area contributed by atoms with Crippen molar-refractivity contribution in [2.24, 2.45) is 11.7 Å². The van der Waals surface area contributed by atoms with Gasteiger partial charge in [0.15, 0.2) is 0 Å². The average molecular weight is 155 g/mol. The quantitative estimate of drug-likeness (QED) is 0.514. The first-order valence-corrected chi connectivity index (χ1v) is 4.39. The maximum Gasteiger partial charge on any atom is 0.414 e. The Kier molecular flexibility index (Phi) is 1.42. The third kappa shape index (κ3) is 0.948. The molecule has 0 aromatic rings. The van der Waals surface area contributed by atoms with E-state index >= 15 is 0 Å². The Morgan fingerprint density at radius 3 is 1.91 bits per heavy atom. The number of primary amides is 1. The first kappa shape index (κ1) is 7.10. The van der Waals surface area contributed by atoms with Gasteiger partial charge in [-0.2, -0.15) is 0 Å². The van der Waals surface area contributed by atoms with Gasteiger partial charge in [0.25, 0.3) is 0 Å². The smallest absolute Gasteiger partial charge is 0.319 e. The van der Waals surface area contributed by atoms with Crippen LogP contribution in [0, 0.1) is 5.92 Å². The van der Waals surface area contributed by atoms with Crippen molar-refractivity contribution in [1.82, 2.24) is 0 Å². The molecule has 3 heterocycles. The summed E-state index contributed by atoms with van der Waals surface area (Å²) in [6, 6.07) is -0.108. The molecule has 2 bridgehead atoms. The molecule has 3 nitrogen and oxygen atoms in total. The van der Waals surface area contributed by atoms with E-state index < -0.39 is 0 Å². The second-order valence-electron chi connectivity index (χ2n) is 3.89. The van der Waals surface area contributed by atoms with Gasteiger partial charge in [-0.1, -0.05) is 0 Å². The first-order valence-electron chi connectivity index (χ1n) is 4.39. The molecule has 3 rings (SSSR count). The summed E-state index contributed by atoms with van der Waals surface area (Å²) in [6.07, 6.45) is 3.63. The third-order valence-corrected chi connectivity index (χ3v) is 3.36. The number of nitrogens with two attached hydrogens (primary N) is 1. The van der Waals surface area contributed by atoms with Gasteiger partial charge in [-0.15, -0.1) is 0 Å². The van der Waals surface area contributed by atoms with Crippen molar-refractivity contribution in [2.45, 2.75) is 19.3 Å². The van der Waals surface area contributed by atoms with Crippen molar-refractivity contribution in [1.29, 1.82) is 0 Å². The summed E-state index contributed by atoms with van der Waals surface area (Å²) in [4.78, 5) is 11.1. The van der Waals surface area contributed by atoms with Crippen LogP contribution in [0.4, 0.5) is 4.79 Å². The molecule has 0 aliphatic carbocycles. The topological polar surface area (TPSA) is 43.1 Å². The Bertz CT molecular complexity index is 169. The van der Waals surface area contributed by atoms with Crippen molar-refractivity contribution in [3.05, 3.63) is 0 Å². The number of urea groups is 1. The van der Waals surface area contributed by atoms with E-state index in [1.54, 1.807) is 0 Å². The molecule has 3 aliphatic rings. The fourth-order valence-electron chi connectivity index (χ4n) is 2.39. The van der Waals surface area contributed by atoms with Crippen molar-refractivity contribution < 1.29 is 9.28 Å². The predicted molar refractivity (Wildman–Crippen MR) is 41.8 cm³/mol. The molecule has 62 valence electrons. The number of nitrogens with zero attached hydrogens (tertiary/aromatic N) is 1. The minimum absolute atomic E-state index is 0.108. The molecule has 3 saturated heterocycles. The van der Waals surface area contributed by atoms with E-state index in [0.717, 1.165) is 25.6 Å². The molecule has 11 heavy (non-hydrogen) atoms. The highest BCUT2D eigenvalue weighted by Crippen LogP contribution is 2.32. The molecule has 2 N–H and O–H groups in total. The van der Waals surface area contributed by atoms with Gasteiger partial charge in [-0.3, -0.25) is 0 Å². The third-order valence-electron chi connectivity index (χ3n) is 3.36. The largest absolute Gasteiger partial charge is 0.414 e. The van der Waals surface area contributed by atoms with E-state index in [1.807, 2.05) is 0 Å². The Morgan fingerprint density at radius 1 is 1.18 bits per heavy atom. The van der Waals surface area contributed by atoms with Gasteiger partial charge < -0.3 is 5.73 Å². The molecule has 0 aromatic carbocycles. The van der Waals surface area contributed by atoms with Crippen LogP contribution in [0.25, 0.3) is 0 Å². The van der Waals surface area contributed by atoms with Crippen LogP contribution in [0.5, 0.6) is 0 Å². The van der Waals surface area contributed by atoms with Crippen LogP contribution in [-0.4, -0.2) is 30.1 Å². The van der Waals surface area contributed by atoms with E-state index in [0.29, 0.717) is 4.48 Å². The number of rotatable bonds is 0. The summed E-state index contributed by atoms with van der Waals surface area (Å²) in [5, 5.41) is 0. The number of carbonyl (C=O) groups is 1. The second kappa shape index (κ2) is 2.21. The number of amides is 2. The van der Waals surface area contributed by atoms with E-state index in [9.17, 15) is 4.79 Å². The van der Waals surface area contributed by atoms with Crippen molar-refractivity contribution in [3.8, 4) is 0 Å². The standard InChI is InChI=1S/C8H14N2O/c9-8(11)10-4-1-7(2-5-10)3-6-10/h7H,1-6H2,(H-,9,11)/p+1. The summed E-state index contributed by atoms with van der Waals surface area (Å²) in [5.74, 6) is 0.898. The Labute approximate surface area is 66.8 Å². The summed E-state index contributed by atoms with van der Waals surface area (Å²) < 4.78 is 0.580. The zero-order valence-electron chi connectivity index (χ0n) is 6.75. The van der Waals surface area contributed by atoms with Crippen LogP contribution in [0.1, 0.15) is 19.3 Å². The summed E-state index contributed by atoms with van der Waals surface area (Å²) >= 11 is 0. The van der Waals surface area contributed by atoms with Crippen LogP contribution < -0.4 is 5.73 Å². The number of quaternary nitrogens is 1. The van der Waals surface area contributed by atoms with Gasteiger partial charge in [-0.05, 0) is 5.92 Å². The molecule has 0 aromatic heterocycles. The lowest BCUT2D eigenvalue weighted by Crippen LogP contribution is -2.63. The van der Waals surface area contributed by atoms with Gasteiger partial charge in [0.05, 0.1) is 19.6 Å². The second-order valence-corrected chi connectivity index (χ2v) is 3.89. The fourth-order valence-corrected chi connectivity index (χ4v) is 2.39. The summed E-state index contributed by atoms with van der Waals surface area (Å²) in [6.45, 7) is 3.00. The molecule has 0 atom stereocenters. The summed E-state index contributed by atoms with van der Waals surface area (Å²) in [7, 11) is 0. The van der Waals surface area contributed by atoms with Crippen molar-refractivity contribution in [3.63, 3.8) is 0 Å². The normalized spacial score (nSPS) is 42.4. The number of carbonyl (C=O) groups excluding carboxylic acids is 1. The molecule has 0 spiro atoms. The lowest BCUT2D eigenvalue weighted by molar-refractivity contribution is -0.866. The van der Waals surface area contributed by atoms with Gasteiger partial charge in [-0.25, -0.2) is 9.28 Å². The highest BCUT2D eigenvalue weighted by molar-refractivity contribution is 5.64. The Morgan fingerprint density at radius 2 is 1.64 bits per heavy atom. The molecule has 2 amide bonds. The molecule has 3 aliphatic heterocycles. The van der Waals surface area contributed by atoms with E-state index in [4.69, 9.17) is 5.73 Å². The number of piperidine rings is 3. The zero-order valence-corrected chi connectivity index (χ0v) is 6.75. The molecule has 3 fully saturated rings.